The van der Waals surface area contributed by atoms with Crippen LogP contribution in [0.15, 0.2) is 96.2 Å². The number of amides is 2. The number of halogens is 1. The third-order valence-corrected chi connectivity index (χ3v) is 9.94. The number of carboxylic acids is 1. The minimum Gasteiger partial charge on any atom is -0.508 e. The number of nitrogens with one attached hydrogen (secondary N) is 1. The Morgan fingerprint density at radius 2 is 1.53 bits per heavy atom. The average molecular weight is 731 g/mol. The van der Waals surface area contributed by atoms with Crippen LogP contribution in [-0.2, 0) is 32.0 Å². The number of thioether (sulfide) groups is 1. The molecule has 0 saturated carbocycles. The molecule has 14 heteroatoms. The highest BCUT2D eigenvalue weighted by molar-refractivity contribution is 8.00. The molecule has 5 N–H and O–H groups in total. The summed E-state index contributed by atoms with van der Waals surface area (Å²) in [7, 11) is 0. The van der Waals surface area contributed by atoms with Crippen LogP contribution < -0.4 is 10.1 Å². The van der Waals surface area contributed by atoms with Crippen LogP contribution in [-0.4, -0.2) is 79.5 Å². The maximum Gasteiger partial charge on any atom is 0.352 e. The molecule has 2 aliphatic rings. The normalized spacial score (nSPS) is 16.6. The average Bonchev–Trinajstić information content (AvgIpc) is 3.12. The first-order valence-electron chi connectivity index (χ1n) is 15.6. The third kappa shape index (κ3) is 7.59. The van der Waals surface area contributed by atoms with Crippen molar-refractivity contribution in [2.45, 2.75) is 24.3 Å². The van der Waals surface area contributed by atoms with Crippen molar-refractivity contribution in [1.29, 1.82) is 0 Å². The number of para-hydroxylation sites is 3. The molecule has 2 heterocycles. The van der Waals surface area contributed by atoms with Crippen molar-refractivity contribution < 1.29 is 49.1 Å². The van der Waals surface area contributed by atoms with Gasteiger partial charge in [0.25, 0.3) is 11.8 Å². The summed E-state index contributed by atoms with van der Waals surface area (Å²) in [4.78, 5) is 52.0. The van der Waals surface area contributed by atoms with Gasteiger partial charge < -0.3 is 35.2 Å². The predicted octanol–water partition coefficient (Wildman–Crippen LogP) is 4.61. The van der Waals surface area contributed by atoms with Crippen LogP contribution in [0.3, 0.4) is 0 Å². The molecule has 6 rings (SSSR count). The van der Waals surface area contributed by atoms with Gasteiger partial charge in [-0.15, -0.1) is 11.8 Å². The molecular weight excluding hydrogens is 700 g/mol. The molecule has 2 atom stereocenters. The van der Waals surface area contributed by atoms with E-state index in [0.29, 0.717) is 27.5 Å². The first-order valence-corrected chi connectivity index (χ1v) is 17.1. The summed E-state index contributed by atoms with van der Waals surface area (Å²) in [6.45, 7) is -0.802. The van der Waals surface area contributed by atoms with Crippen molar-refractivity contribution in [2.24, 2.45) is 0 Å². The zero-order valence-corrected chi connectivity index (χ0v) is 28.3. The van der Waals surface area contributed by atoms with Gasteiger partial charge in [0, 0.05) is 40.3 Å². The van der Waals surface area contributed by atoms with E-state index in [-0.39, 0.29) is 59.1 Å². The number of hydrogen-bond acceptors (Lipinski definition) is 10. The first-order chi connectivity index (χ1) is 24.5. The topological polar surface area (TPSA) is 183 Å². The Morgan fingerprint density at radius 1 is 0.863 bits per heavy atom. The minimum absolute atomic E-state index is 0.00732. The summed E-state index contributed by atoms with van der Waals surface area (Å²) in [6, 6.07) is 22.0. The number of aromatic hydroxyl groups is 3. The Bertz CT molecular complexity index is 2050. The van der Waals surface area contributed by atoms with Crippen LogP contribution in [0.25, 0.3) is 0 Å². The summed E-state index contributed by atoms with van der Waals surface area (Å²) in [5.41, 5.74) is 1.33. The van der Waals surface area contributed by atoms with E-state index >= 15 is 0 Å². The van der Waals surface area contributed by atoms with Crippen LogP contribution >= 0.6 is 23.4 Å². The molecule has 51 heavy (non-hydrogen) atoms. The smallest absolute Gasteiger partial charge is 0.352 e. The zero-order chi connectivity index (χ0) is 36.2. The Kier molecular flexibility index (Phi) is 10.4. The molecule has 0 bridgehead atoms. The molecule has 4 aromatic rings. The molecule has 1 fully saturated rings. The van der Waals surface area contributed by atoms with E-state index in [9.17, 15) is 39.6 Å². The maximum absolute atomic E-state index is 13.2. The lowest BCUT2D eigenvalue weighted by atomic mass is 9.96. The fraction of sp³-hybridized carbons (Fsp3) is 0.189. The number of carbonyl (C=O) groups excluding carboxylic acids is 3. The van der Waals surface area contributed by atoms with Gasteiger partial charge in [0.05, 0.1) is 0 Å². The fourth-order valence-electron chi connectivity index (χ4n) is 5.86. The van der Waals surface area contributed by atoms with Crippen LogP contribution in [0.1, 0.15) is 32.6 Å². The lowest BCUT2D eigenvalue weighted by molar-refractivity contribution is -0.151. The van der Waals surface area contributed by atoms with E-state index in [1.54, 1.807) is 60.7 Å². The number of aliphatic carboxylic acids is 1. The number of β-lactam (4-membered cyclic amide) rings is 1. The summed E-state index contributed by atoms with van der Waals surface area (Å²) in [5, 5.41) is 44.6. The molecule has 0 spiro atoms. The van der Waals surface area contributed by atoms with Crippen molar-refractivity contribution in [1.82, 2.24) is 10.2 Å². The highest BCUT2D eigenvalue weighted by atomic mass is 35.5. The van der Waals surface area contributed by atoms with Gasteiger partial charge in [-0.3, -0.25) is 14.5 Å². The van der Waals surface area contributed by atoms with Gasteiger partial charge in [0.2, 0.25) is 0 Å². The number of benzene rings is 4. The SMILES string of the molecule is O=C(COc1ccccc1)NC1C(=O)N2C(C(=O)O)=C(COC(=O)c3cccc(Cc4cc(Cl)cc(Cc5ccccc5O)c4O)c3O)CS[C@@H]12. The second kappa shape index (κ2) is 15.1. The Balaban J connectivity index is 1.11. The first kappa shape index (κ1) is 35.2. The van der Waals surface area contributed by atoms with E-state index in [0.717, 1.165) is 4.90 Å². The second-order valence-corrected chi connectivity index (χ2v) is 13.3. The molecule has 1 unspecified atom stereocenters. The van der Waals surface area contributed by atoms with Gasteiger partial charge in [-0.1, -0.05) is 60.1 Å². The fourth-order valence-corrected chi connectivity index (χ4v) is 7.45. The third-order valence-electron chi connectivity index (χ3n) is 8.38. The Hall–Kier alpha value is -5.66. The largest absolute Gasteiger partial charge is 0.508 e. The minimum atomic E-state index is -1.40. The highest BCUT2D eigenvalue weighted by Crippen LogP contribution is 2.41. The van der Waals surface area contributed by atoms with Crippen LogP contribution in [0.4, 0.5) is 0 Å². The van der Waals surface area contributed by atoms with Crippen molar-refractivity contribution in [3.8, 4) is 23.0 Å². The highest BCUT2D eigenvalue weighted by Gasteiger charge is 2.54. The molecule has 4 aromatic carbocycles. The Labute approximate surface area is 300 Å². The summed E-state index contributed by atoms with van der Waals surface area (Å²) < 4.78 is 10.9. The van der Waals surface area contributed by atoms with Gasteiger partial charge in [0.1, 0.15) is 52.3 Å². The van der Waals surface area contributed by atoms with Crippen molar-refractivity contribution in [3.05, 3.63) is 129 Å². The zero-order valence-electron chi connectivity index (χ0n) is 26.7. The molecule has 2 aliphatic heterocycles. The summed E-state index contributed by atoms with van der Waals surface area (Å²) >= 11 is 7.56. The number of nitrogens with zero attached hydrogens (tertiary/aromatic N) is 1. The lowest BCUT2D eigenvalue weighted by Gasteiger charge is -2.49. The number of hydrogen-bond donors (Lipinski definition) is 5. The molecule has 1 saturated heterocycles. The van der Waals surface area contributed by atoms with Gasteiger partial charge in [-0.05, 0) is 47.5 Å². The molecule has 0 radical (unpaired) electrons. The van der Waals surface area contributed by atoms with E-state index < -0.39 is 47.5 Å². The summed E-state index contributed by atoms with van der Waals surface area (Å²) in [6.07, 6.45) is 0.187. The van der Waals surface area contributed by atoms with E-state index in [1.807, 2.05) is 0 Å². The summed E-state index contributed by atoms with van der Waals surface area (Å²) in [5.74, 6) is -3.35. The molecular formula is C37H31ClN2O10S. The number of esters is 1. The monoisotopic (exact) mass is 730 g/mol. The Morgan fingerprint density at radius 3 is 2.24 bits per heavy atom. The van der Waals surface area contributed by atoms with Gasteiger partial charge >= 0.3 is 11.9 Å². The molecule has 2 amide bonds. The number of phenolic OH excluding ortho intramolecular Hbond substituents is 3. The molecule has 0 aliphatic carbocycles. The number of ether oxygens (including phenoxy) is 2. The predicted molar refractivity (Wildman–Crippen MR) is 187 cm³/mol. The number of carbonyl (C=O) groups is 4. The van der Waals surface area contributed by atoms with Crippen LogP contribution in [0, 0.1) is 0 Å². The number of phenols is 3. The van der Waals surface area contributed by atoms with E-state index in [2.05, 4.69) is 5.32 Å². The van der Waals surface area contributed by atoms with Gasteiger partial charge in [-0.2, -0.15) is 0 Å². The molecule has 0 aromatic heterocycles. The van der Waals surface area contributed by atoms with E-state index in [1.165, 1.54) is 36.0 Å². The molecule has 262 valence electrons. The van der Waals surface area contributed by atoms with Crippen molar-refractivity contribution in [2.75, 3.05) is 19.0 Å². The second-order valence-electron chi connectivity index (χ2n) is 11.8. The standard InChI is InChI=1S/C37H31ClN2O10S/c38-25-15-22(13-20-7-4-5-12-28(20)41)32(43)23(16-25)14-21-8-6-11-27(33(21)44)37(48)50-17-24-19-51-35-30(34(45)40(35)31(24)36(46)47)39-29(42)18-49-26-9-2-1-3-10-26/h1-12,15-16,30,35,41,43-44H,13-14,17-19H2,(H,39,42)(H,46,47)/t30?,35-/m0/s1. The lowest BCUT2D eigenvalue weighted by Crippen LogP contribution is -2.71. The molecule has 12 nitrogen and oxygen atoms in total. The van der Waals surface area contributed by atoms with Crippen LogP contribution in [0.2, 0.25) is 5.02 Å². The number of rotatable bonds is 12. The van der Waals surface area contributed by atoms with Gasteiger partial charge in [-0.25, -0.2) is 9.59 Å². The quantitative estimate of drug-likeness (QED) is 0.101. The van der Waals surface area contributed by atoms with E-state index in [4.69, 9.17) is 21.1 Å². The number of carboxylic acid groups (broad SMARTS) is 1. The maximum atomic E-state index is 13.2. The van der Waals surface area contributed by atoms with Crippen LogP contribution in [0.5, 0.6) is 23.0 Å². The van der Waals surface area contributed by atoms with Gasteiger partial charge in [0.15, 0.2) is 6.61 Å². The number of fused-ring (bicyclic) bond motifs is 1. The van der Waals surface area contributed by atoms with Crippen molar-refractivity contribution >= 4 is 47.1 Å². The van der Waals surface area contributed by atoms with Crippen molar-refractivity contribution in [3.63, 3.8) is 0 Å².